The Labute approximate surface area is 159 Å². The Bertz CT molecular complexity index is 850. The lowest BCUT2D eigenvalue weighted by Crippen LogP contribution is -2.37. The SMILES string of the molecule is Cc1[nH]ncc1C1CCN(C(=O)CCCc2ccc3c(c2)CC(=O)N3)CC1. The molecule has 6 heteroatoms. The van der Waals surface area contributed by atoms with Gasteiger partial charge >= 0.3 is 0 Å². The third-order valence-corrected chi connectivity index (χ3v) is 5.81. The maximum atomic E-state index is 12.5. The first-order valence-corrected chi connectivity index (χ1v) is 9.79. The van der Waals surface area contributed by atoms with Gasteiger partial charge in [-0.05, 0) is 61.3 Å². The van der Waals surface area contributed by atoms with Crippen LogP contribution in [0.15, 0.2) is 24.4 Å². The van der Waals surface area contributed by atoms with Gasteiger partial charge in [-0.3, -0.25) is 14.7 Å². The van der Waals surface area contributed by atoms with Gasteiger partial charge in [-0.2, -0.15) is 5.10 Å². The Morgan fingerprint density at radius 3 is 2.85 bits per heavy atom. The molecule has 0 bridgehead atoms. The normalized spacial score (nSPS) is 17.1. The predicted octanol–water partition coefficient (Wildman–Crippen LogP) is 2.94. The molecule has 6 nitrogen and oxygen atoms in total. The topological polar surface area (TPSA) is 78.1 Å². The molecule has 1 fully saturated rings. The third-order valence-electron chi connectivity index (χ3n) is 5.81. The maximum absolute atomic E-state index is 12.5. The van der Waals surface area contributed by atoms with Crippen molar-refractivity contribution < 1.29 is 9.59 Å². The number of fused-ring (bicyclic) bond motifs is 1. The summed E-state index contributed by atoms with van der Waals surface area (Å²) in [6.45, 7) is 3.73. The summed E-state index contributed by atoms with van der Waals surface area (Å²) in [5, 5.41) is 9.98. The van der Waals surface area contributed by atoms with Gasteiger partial charge in [0, 0.05) is 30.9 Å². The van der Waals surface area contributed by atoms with E-state index in [1.165, 1.54) is 11.1 Å². The number of nitrogens with one attached hydrogen (secondary N) is 2. The fourth-order valence-corrected chi connectivity index (χ4v) is 4.25. The summed E-state index contributed by atoms with van der Waals surface area (Å²) >= 11 is 0. The molecule has 3 heterocycles. The summed E-state index contributed by atoms with van der Waals surface area (Å²) in [5.74, 6) is 0.831. The molecule has 142 valence electrons. The number of nitrogens with zero attached hydrogens (tertiary/aromatic N) is 2. The Balaban J connectivity index is 1.23. The summed E-state index contributed by atoms with van der Waals surface area (Å²) in [6, 6.07) is 6.12. The minimum atomic E-state index is 0.0614. The van der Waals surface area contributed by atoms with E-state index in [0.717, 1.165) is 55.7 Å². The van der Waals surface area contributed by atoms with Crippen molar-refractivity contribution >= 4 is 17.5 Å². The van der Waals surface area contributed by atoms with Crippen LogP contribution in [0.2, 0.25) is 0 Å². The molecule has 0 unspecified atom stereocenters. The maximum Gasteiger partial charge on any atom is 0.228 e. The van der Waals surface area contributed by atoms with Gasteiger partial charge in [0.25, 0.3) is 0 Å². The number of rotatable bonds is 5. The second-order valence-electron chi connectivity index (χ2n) is 7.68. The monoisotopic (exact) mass is 366 g/mol. The number of aromatic amines is 1. The molecule has 2 aliphatic rings. The molecule has 2 amide bonds. The van der Waals surface area contributed by atoms with Gasteiger partial charge in [0.05, 0.1) is 12.6 Å². The summed E-state index contributed by atoms with van der Waals surface area (Å²) < 4.78 is 0. The molecule has 1 saturated heterocycles. The van der Waals surface area contributed by atoms with Crippen LogP contribution in [0.4, 0.5) is 5.69 Å². The zero-order chi connectivity index (χ0) is 18.8. The van der Waals surface area contributed by atoms with Crippen molar-refractivity contribution in [1.82, 2.24) is 15.1 Å². The first-order valence-electron chi connectivity index (χ1n) is 9.79. The van der Waals surface area contributed by atoms with E-state index in [9.17, 15) is 9.59 Å². The minimum Gasteiger partial charge on any atom is -0.343 e. The highest BCUT2D eigenvalue weighted by molar-refractivity contribution is 5.99. The number of carbonyl (C=O) groups is 2. The molecule has 0 saturated carbocycles. The Kier molecular flexibility index (Phi) is 4.97. The van der Waals surface area contributed by atoms with Crippen LogP contribution in [0.5, 0.6) is 0 Å². The third kappa shape index (κ3) is 3.89. The molecule has 0 spiro atoms. The molecule has 1 aromatic carbocycles. The predicted molar refractivity (Wildman–Crippen MR) is 104 cm³/mol. The average Bonchev–Trinajstić information content (AvgIpc) is 3.25. The molecule has 4 rings (SSSR count). The number of carbonyl (C=O) groups excluding carboxylic acids is 2. The number of H-pyrrole nitrogens is 1. The van der Waals surface area contributed by atoms with Gasteiger partial charge in [0.1, 0.15) is 0 Å². The van der Waals surface area contributed by atoms with Crippen LogP contribution in [0.3, 0.4) is 0 Å². The van der Waals surface area contributed by atoms with Crippen LogP contribution in [0.1, 0.15) is 54.0 Å². The van der Waals surface area contributed by atoms with Crippen LogP contribution in [0, 0.1) is 6.92 Å². The highest BCUT2D eigenvalue weighted by Gasteiger charge is 2.25. The van der Waals surface area contributed by atoms with E-state index in [1.807, 2.05) is 23.2 Å². The van der Waals surface area contributed by atoms with E-state index in [1.54, 1.807) is 0 Å². The fraction of sp³-hybridized carbons (Fsp3) is 0.476. The quantitative estimate of drug-likeness (QED) is 0.854. The Hall–Kier alpha value is -2.63. The average molecular weight is 366 g/mol. The zero-order valence-corrected chi connectivity index (χ0v) is 15.8. The summed E-state index contributed by atoms with van der Waals surface area (Å²) in [5.41, 5.74) is 5.64. The highest BCUT2D eigenvalue weighted by atomic mass is 16.2. The van der Waals surface area contributed by atoms with Crippen molar-refractivity contribution in [2.75, 3.05) is 18.4 Å². The molecule has 1 aromatic heterocycles. The molecule has 0 atom stereocenters. The van der Waals surface area contributed by atoms with E-state index in [-0.39, 0.29) is 11.8 Å². The smallest absolute Gasteiger partial charge is 0.228 e. The Morgan fingerprint density at radius 1 is 1.30 bits per heavy atom. The van der Waals surface area contributed by atoms with E-state index >= 15 is 0 Å². The molecule has 2 aromatic rings. The second-order valence-corrected chi connectivity index (χ2v) is 7.68. The summed E-state index contributed by atoms with van der Waals surface area (Å²) in [6.07, 6.45) is 6.72. The van der Waals surface area contributed by atoms with Crippen LogP contribution < -0.4 is 5.32 Å². The van der Waals surface area contributed by atoms with E-state index in [0.29, 0.717) is 18.8 Å². The Morgan fingerprint density at radius 2 is 2.11 bits per heavy atom. The zero-order valence-electron chi connectivity index (χ0n) is 15.8. The van der Waals surface area contributed by atoms with E-state index in [2.05, 4.69) is 28.5 Å². The van der Waals surface area contributed by atoms with Gasteiger partial charge in [-0.1, -0.05) is 12.1 Å². The number of aryl methyl sites for hydroxylation is 2. The van der Waals surface area contributed by atoms with Crippen molar-refractivity contribution in [2.45, 2.75) is 51.4 Å². The fourth-order valence-electron chi connectivity index (χ4n) is 4.25. The van der Waals surface area contributed by atoms with Crippen molar-refractivity contribution in [3.63, 3.8) is 0 Å². The molecule has 2 aliphatic heterocycles. The van der Waals surface area contributed by atoms with Gasteiger partial charge < -0.3 is 10.2 Å². The molecule has 0 aliphatic carbocycles. The number of likely N-dealkylation sites (tertiary alicyclic amines) is 1. The van der Waals surface area contributed by atoms with Crippen LogP contribution in [-0.4, -0.2) is 40.0 Å². The number of benzene rings is 1. The minimum absolute atomic E-state index is 0.0614. The van der Waals surface area contributed by atoms with Crippen molar-refractivity contribution in [1.29, 1.82) is 0 Å². The van der Waals surface area contributed by atoms with Gasteiger partial charge in [-0.15, -0.1) is 0 Å². The van der Waals surface area contributed by atoms with Gasteiger partial charge in [0.15, 0.2) is 0 Å². The van der Waals surface area contributed by atoms with Crippen molar-refractivity contribution in [2.24, 2.45) is 0 Å². The molecular weight excluding hydrogens is 340 g/mol. The van der Waals surface area contributed by atoms with Crippen LogP contribution >= 0.6 is 0 Å². The lowest BCUT2D eigenvalue weighted by Gasteiger charge is -2.32. The molecule has 27 heavy (non-hydrogen) atoms. The van der Waals surface area contributed by atoms with E-state index < -0.39 is 0 Å². The van der Waals surface area contributed by atoms with Crippen LogP contribution in [0.25, 0.3) is 0 Å². The molecule has 2 N–H and O–H groups in total. The summed E-state index contributed by atoms with van der Waals surface area (Å²) in [7, 11) is 0. The largest absolute Gasteiger partial charge is 0.343 e. The van der Waals surface area contributed by atoms with Crippen LogP contribution in [-0.2, 0) is 22.4 Å². The highest BCUT2D eigenvalue weighted by Crippen LogP contribution is 2.29. The standard InChI is InChI=1S/C21H26N4O2/c1-14-18(13-22-24-14)16-7-9-25(10-8-16)21(27)4-2-3-15-5-6-19-17(11-15)12-20(26)23-19/h5-6,11,13,16H,2-4,7-10,12H2,1H3,(H,22,24)(H,23,26). The van der Waals surface area contributed by atoms with E-state index in [4.69, 9.17) is 0 Å². The second kappa shape index (κ2) is 7.55. The molecular formula is C21H26N4O2. The molecule has 0 radical (unpaired) electrons. The first-order chi connectivity index (χ1) is 13.1. The van der Waals surface area contributed by atoms with Gasteiger partial charge in [-0.25, -0.2) is 0 Å². The summed E-state index contributed by atoms with van der Waals surface area (Å²) in [4.78, 5) is 26.0. The first kappa shape index (κ1) is 17.8. The van der Waals surface area contributed by atoms with Gasteiger partial charge in [0.2, 0.25) is 11.8 Å². The number of anilines is 1. The lowest BCUT2D eigenvalue weighted by atomic mass is 9.89. The number of hydrogen-bond donors (Lipinski definition) is 2. The number of aromatic nitrogens is 2. The van der Waals surface area contributed by atoms with Crippen molar-refractivity contribution in [3.8, 4) is 0 Å². The number of hydrogen-bond acceptors (Lipinski definition) is 3. The number of piperidine rings is 1. The lowest BCUT2D eigenvalue weighted by molar-refractivity contribution is -0.132. The van der Waals surface area contributed by atoms with Crippen molar-refractivity contribution in [3.05, 3.63) is 46.8 Å². The number of amides is 2.